The van der Waals surface area contributed by atoms with Crippen molar-refractivity contribution in [3.8, 4) is 0 Å². The summed E-state index contributed by atoms with van der Waals surface area (Å²) in [5.74, 6) is 0.0566. The molecule has 0 saturated heterocycles. The molecule has 2 rings (SSSR count). The van der Waals surface area contributed by atoms with Crippen LogP contribution in [0.5, 0.6) is 0 Å². The molecular formula is C16H23N3O2. The standard InChI is InChI=1S/C16H23N3O2/c1-11(16(21)17-2)10-19(3)15(20)8-12-9-18-14-7-5-4-6-13(12)14/h4-7,11-12,18H,8-10H2,1-3H3,(H,17,21). The summed E-state index contributed by atoms with van der Waals surface area (Å²) in [6.45, 7) is 3.07. The zero-order valence-electron chi connectivity index (χ0n) is 12.8. The number of carbonyl (C=O) groups excluding carboxylic acids is 2. The Balaban J connectivity index is 1.92. The smallest absolute Gasteiger partial charge is 0.224 e. The molecule has 1 aliphatic rings. The number of hydrogen-bond donors (Lipinski definition) is 2. The molecule has 1 aromatic rings. The first-order valence-corrected chi connectivity index (χ1v) is 7.31. The van der Waals surface area contributed by atoms with Crippen molar-refractivity contribution in [1.29, 1.82) is 0 Å². The molecule has 2 atom stereocenters. The number of nitrogens with zero attached hydrogens (tertiary/aromatic N) is 1. The molecule has 1 heterocycles. The Morgan fingerprint density at radius 1 is 1.43 bits per heavy atom. The Hall–Kier alpha value is -2.04. The summed E-state index contributed by atoms with van der Waals surface area (Å²) in [6.07, 6.45) is 0.473. The van der Waals surface area contributed by atoms with Crippen LogP contribution in [0, 0.1) is 5.92 Å². The van der Waals surface area contributed by atoms with Crippen LogP contribution in [0.25, 0.3) is 0 Å². The van der Waals surface area contributed by atoms with Crippen molar-refractivity contribution < 1.29 is 9.59 Å². The van der Waals surface area contributed by atoms with Crippen molar-refractivity contribution in [2.75, 3.05) is 32.5 Å². The van der Waals surface area contributed by atoms with Gasteiger partial charge in [0.25, 0.3) is 0 Å². The molecular weight excluding hydrogens is 266 g/mol. The minimum absolute atomic E-state index is 0.0393. The number of fused-ring (bicyclic) bond motifs is 1. The molecule has 0 fully saturated rings. The predicted octanol–water partition coefficient (Wildman–Crippen LogP) is 1.43. The number of rotatable bonds is 5. The van der Waals surface area contributed by atoms with Gasteiger partial charge in [0.1, 0.15) is 0 Å². The highest BCUT2D eigenvalue weighted by Crippen LogP contribution is 2.33. The zero-order valence-corrected chi connectivity index (χ0v) is 12.8. The van der Waals surface area contributed by atoms with E-state index in [-0.39, 0.29) is 23.7 Å². The highest BCUT2D eigenvalue weighted by atomic mass is 16.2. The molecule has 1 aliphatic heterocycles. The average Bonchev–Trinajstić information content (AvgIpc) is 2.89. The number of benzene rings is 1. The van der Waals surface area contributed by atoms with E-state index >= 15 is 0 Å². The van der Waals surface area contributed by atoms with E-state index in [4.69, 9.17) is 0 Å². The maximum atomic E-state index is 12.3. The van der Waals surface area contributed by atoms with Crippen LogP contribution in [0.1, 0.15) is 24.8 Å². The lowest BCUT2D eigenvalue weighted by Gasteiger charge is -2.22. The van der Waals surface area contributed by atoms with Crippen LogP contribution in [-0.4, -0.2) is 43.9 Å². The van der Waals surface area contributed by atoms with Crippen molar-refractivity contribution in [2.45, 2.75) is 19.3 Å². The number of para-hydroxylation sites is 1. The molecule has 0 saturated carbocycles. The number of carbonyl (C=O) groups is 2. The zero-order chi connectivity index (χ0) is 15.4. The Bertz CT molecular complexity index is 530. The van der Waals surface area contributed by atoms with E-state index in [1.165, 1.54) is 5.56 Å². The highest BCUT2D eigenvalue weighted by Gasteiger charge is 2.26. The Morgan fingerprint density at radius 3 is 2.86 bits per heavy atom. The lowest BCUT2D eigenvalue weighted by Crippen LogP contribution is -2.37. The van der Waals surface area contributed by atoms with E-state index in [1.54, 1.807) is 19.0 Å². The van der Waals surface area contributed by atoms with Crippen molar-refractivity contribution in [1.82, 2.24) is 10.2 Å². The van der Waals surface area contributed by atoms with Gasteiger partial charge in [-0.15, -0.1) is 0 Å². The lowest BCUT2D eigenvalue weighted by atomic mass is 9.97. The van der Waals surface area contributed by atoms with Gasteiger partial charge in [-0.05, 0) is 11.6 Å². The lowest BCUT2D eigenvalue weighted by molar-refractivity contribution is -0.132. The maximum absolute atomic E-state index is 12.3. The van der Waals surface area contributed by atoms with Crippen LogP contribution < -0.4 is 10.6 Å². The molecule has 2 N–H and O–H groups in total. The molecule has 0 radical (unpaired) electrons. The summed E-state index contributed by atoms with van der Waals surface area (Å²) in [4.78, 5) is 25.5. The van der Waals surface area contributed by atoms with E-state index < -0.39 is 0 Å². The second kappa shape index (κ2) is 6.61. The van der Waals surface area contributed by atoms with Gasteiger partial charge in [0.05, 0.1) is 5.92 Å². The van der Waals surface area contributed by atoms with Gasteiger partial charge in [-0.1, -0.05) is 25.1 Å². The fourth-order valence-corrected chi connectivity index (χ4v) is 2.75. The predicted molar refractivity (Wildman–Crippen MR) is 83.2 cm³/mol. The second-order valence-electron chi connectivity index (χ2n) is 5.66. The van der Waals surface area contributed by atoms with Crippen LogP contribution in [-0.2, 0) is 9.59 Å². The van der Waals surface area contributed by atoms with Crippen LogP contribution >= 0.6 is 0 Å². The Kier molecular flexibility index (Phi) is 4.83. The third-order valence-electron chi connectivity index (χ3n) is 4.03. The summed E-state index contributed by atoms with van der Waals surface area (Å²) in [5.41, 5.74) is 2.33. The van der Waals surface area contributed by atoms with Gasteiger partial charge >= 0.3 is 0 Å². The van der Waals surface area contributed by atoms with Gasteiger partial charge in [0.15, 0.2) is 0 Å². The molecule has 2 unspecified atom stereocenters. The van der Waals surface area contributed by atoms with Gasteiger partial charge in [-0.25, -0.2) is 0 Å². The third-order valence-corrected chi connectivity index (χ3v) is 4.03. The SMILES string of the molecule is CNC(=O)C(C)CN(C)C(=O)CC1CNc2ccccc21. The van der Waals surface area contributed by atoms with Crippen molar-refractivity contribution >= 4 is 17.5 Å². The first-order valence-electron chi connectivity index (χ1n) is 7.31. The molecule has 0 aliphatic carbocycles. The molecule has 5 nitrogen and oxygen atoms in total. The second-order valence-corrected chi connectivity index (χ2v) is 5.66. The first kappa shape index (κ1) is 15.4. The topological polar surface area (TPSA) is 61.4 Å². The molecule has 2 amide bonds. The minimum Gasteiger partial charge on any atom is -0.384 e. The minimum atomic E-state index is -0.196. The quantitative estimate of drug-likeness (QED) is 0.862. The number of amides is 2. The molecule has 0 aromatic heterocycles. The van der Waals surface area contributed by atoms with E-state index in [9.17, 15) is 9.59 Å². The van der Waals surface area contributed by atoms with Crippen molar-refractivity contribution in [2.24, 2.45) is 5.92 Å². The molecule has 114 valence electrons. The monoisotopic (exact) mass is 289 g/mol. The first-order chi connectivity index (χ1) is 10.0. The Morgan fingerprint density at radius 2 is 2.14 bits per heavy atom. The van der Waals surface area contributed by atoms with Crippen molar-refractivity contribution in [3.63, 3.8) is 0 Å². The summed E-state index contributed by atoms with van der Waals surface area (Å²) in [7, 11) is 3.37. The van der Waals surface area contributed by atoms with Gasteiger partial charge < -0.3 is 15.5 Å². The van der Waals surface area contributed by atoms with Gasteiger partial charge in [0, 0.05) is 45.2 Å². The number of anilines is 1. The molecule has 0 bridgehead atoms. The van der Waals surface area contributed by atoms with Gasteiger partial charge in [-0.2, -0.15) is 0 Å². The largest absolute Gasteiger partial charge is 0.384 e. The van der Waals surface area contributed by atoms with Gasteiger partial charge in [0.2, 0.25) is 11.8 Å². The maximum Gasteiger partial charge on any atom is 0.224 e. The third kappa shape index (κ3) is 3.54. The number of nitrogens with one attached hydrogen (secondary N) is 2. The van der Waals surface area contributed by atoms with E-state index in [0.29, 0.717) is 13.0 Å². The van der Waals surface area contributed by atoms with E-state index in [0.717, 1.165) is 12.2 Å². The van der Waals surface area contributed by atoms with Crippen LogP contribution in [0.4, 0.5) is 5.69 Å². The normalized spacial score (nSPS) is 17.6. The van der Waals surface area contributed by atoms with Crippen LogP contribution in [0.3, 0.4) is 0 Å². The summed E-state index contributed by atoms with van der Waals surface area (Å²) in [6, 6.07) is 8.10. The molecule has 1 aromatic carbocycles. The molecule has 0 spiro atoms. The summed E-state index contributed by atoms with van der Waals surface area (Å²) < 4.78 is 0. The number of hydrogen-bond acceptors (Lipinski definition) is 3. The average molecular weight is 289 g/mol. The summed E-state index contributed by atoms with van der Waals surface area (Å²) in [5, 5.41) is 5.94. The van der Waals surface area contributed by atoms with Crippen LogP contribution in [0.15, 0.2) is 24.3 Å². The van der Waals surface area contributed by atoms with E-state index in [2.05, 4.69) is 16.7 Å². The van der Waals surface area contributed by atoms with E-state index in [1.807, 2.05) is 25.1 Å². The van der Waals surface area contributed by atoms with Gasteiger partial charge in [-0.3, -0.25) is 9.59 Å². The Labute approximate surface area is 125 Å². The van der Waals surface area contributed by atoms with Crippen molar-refractivity contribution in [3.05, 3.63) is 29.8 Å². The molecule has 5 heteroatoms. The fourth-order valence-electron chi connectivity index (χ4n) is 2.75. The molecule has 21 heavy (non-hydrogen) atoms. The highest BCUT2D eigenvalue weighted by molar-refractivity contribution is 5.81. The fraction of sp³-hybridized carbons (Fsp3) is 0.500. The van der Waals surface area contributed by atoms with Crippen LogP contribution in [0.2, 0.25) is 0 Å². The summed E-state index contributed by atoms with van der Waals surface area (Å²) >= 11 is 0.